The van der Waals surface area contributed by atoms with Gasteiger partial charge >= 0.3 is 0 Å². The first-order valence-electron chi connectivity index (χ1n) is 8.43. The number of carbonyl (C=O) groups is 1. The van der Waals surface area contributed by atoms with Gasteiger partial charge in [0.25, 0.3) is 0 Å². The van der Waals surface area contributed by atoms with Crippen molar-refractivity contribution < 1.29 is 13.2 Å². The van der Waals surface area contributed by atoms with Gasteiger partial charge in [-0.05, 0) is 32.6 Å². The van der Waals surface area contributed by atoms with E-state index in [1.54, 1.807) is 6.92 Å². The maximum atomic E-state index is 12.7. The standard InChI is InChI=1S/C16H24N4O3S/c1-12-17-10-14(24(2,22)23)15(18-12)20-9-5-6-13(11-20)16(21)19-7-3-4-8-19/h10,13H,3-9,11H2,1-2H3/t13-/m1/s1. The number of hydrogen-bond acceptors (Lipinski definition) is 6. The molecule has 2 saturated heterocycles. The number of nitrogens with zero attached hydrogens (tertiary/aromatic N) is 4. The van der Waals surface area contributed by atoms with E-state index >= 15 is 0 Å². The highest BCUT2D eigenvalue weighted by Crippen LogP contribution is 2.28. The van der Waals surface area contributed by atoms with E-state index in [9.17, 15) is 13.2 Å². The number of aryl methyl sites for hydroxylation is 1. The van der Waals surface area contributed by atoms with E-state index in [1.165, 1.54) is 12.5 Å². The maximum Gasteiger partial charge on any atom is 0.227 e. The van der Waals surface area contributed by atoms with Crippen LogP contribution in [-0.2, 0) is 14.6 Å². The molecule has 0 saturated carbocycles. The Morgan fingerprint density at radius 3 is 2.58 bits per heavy atom. The van der Waals surface area contributed by atoms with Crippen LogP contribution < -0.4 is 4.90 Å². The van der Waals surface area contributed by atoms with Gasteiger partial charge in [0, 0.05) is 32.4 Å². The van der Waals surface area contributed by atoms with Gasteiger partial charge in [0.05, 0.1) is 12.1 Å². The average molecular weight is 352 g/mol. The lowest BCUT2D eigenvalue weighted by Gasteiger charge is -2.35. The molecular weight excluding hydrogens is 328 g/mol. The number of piperidine rings is 1. The molecule has 1 amide bonds. The second-order valence-electron chi connectivity index (χ2n) is 6.69. The Kier molecular flexibility index (Phi) is 4.76. The Balaban J connectivity index is 1.85. The maximum absolute atomic E-state index is 12.7. The van der Waals surface area contributed by atoms with Crippen molar-refractivity contribution in [3.8, 4) is 0 Å². The summed E-state index contributed by atoms with van der Waals surface area (Å²) in [5, 5.41) is 0. The number of carbonyl (C=O) groups excluding carboxylic acids is 1. The van der Waals surface area contributed by atoms with Crippen LogP contribution >= 0.6 is 0 Å². The number of amides is 1. The molecule has 0 spiro atoms. The van der Waals surface area contributed by atoms with Gasteiger partial charge in [-0.25, -0.2) is 18.4 Å². The molecule has 7 nitrogen and oxygen atoms in total. The van der Waals surface area contributed by atoms with Crippen LogP contribution in [0.1, 0.15) is 31.5 Å². The van der Waals surface area contributed by atoms with E-state index in [2.05, 4.69) is 9.97 Å². The van der Waals surface area contributed by atoms with Gasteiger partial charge in [0.2, 0.25) is 5.91 Å². The summed E-state index contributed by atoms with van der Waals surface area (Å²) < 4.78 is 24.1. The zero-order chi connectivity index (χ0) is 17.3. The smallest absolute Gasteiger partial charge is 0.227 e. The lowest BCUT2D eigenvalue weighted by Crippen LogP contribution is -2.44. The number of rotatable bonds is 3. The summed E-state index contributed by atoms with van der Waals surface area (Å²) in [4.78, 5) is 25.1. The minimum absolute atomic E-state index is 0.0838. The minimum Gasteiger partial charge on any atom is -0.355 e. The first-order valence-corrected chi connectivity index (χ1v) is 10.3. The van der Waals surface area contributed by atoms with Gasteiger partial charge < -0.3 is 9.80 Å². The molecule has 1 aromatic heterocycles. The zero-order valence-corrected chi connectivity index (χ0v) is 15.0. The highest BCUT2D eigenvalue weighted by molar-refractivity contribution is 7.90. The van der Waals surface area contributed by atoms with E-state index in [1.807, 2.05) is 9.80 Å². The molecule has 3 rings (SSSR count). The van der Waals surface area contributed by atoms with Gasteiger partial charge in [0.15, 0.2) is 15.7 Å². The fraction of sp³-hybridized carbons (Fsp3) is 0.688. The molecule has 0 aromatic carbocycles. The van der Waals surface area contributed by atoms with Crippen molar-refractivity contribution in [1.82, 2.24) is 14.9 Å². The van der Waals surface area contributed by atoms with Crippen LogP contribution in [0.25, 0.3) is 0 Å². The van der Waals surface area contributed by atoms with Crippen molar-refractivity contribution in [1.29, 1.82) is 0 Å². The Morgan fingerprint density at radius 1 is 1.21 bits per heavy atom. The molecule has 0 radical (unpaired) electrons. The van der Waals surface area contributed by atoms with Gasteiger partial charge in [0.1, 0.15) is 10.7 Å². The number of hydrogen-bond donors (Lipinski definition) is 0. The topological polar surface area (TPSA) is 83.5 Å². The molecular formula is C16H24N4O3S. The predicted molar refractivity (Wildman–Crippen MR) is 90.6 cm³/mol. The summed E-state index contributed by atoms with van der Waals surface area (Å²) in [6.07, 6.45) is 6.40. The Bertz CT molecular complexity index is 729. The first-order chi connectivity index (χ1) is 11.4. The summed E-state index contributed by atoms with van der Waals surface area (Å²) in [6.45, 7) is 4.66. The monoisotopic (exact) mass is 352 g/mol. The molecule has 3 heterocycles. The summed E-state index contributed by atoms with van der Waals surface area (Å²) in [5.74, 6) is 1.08. The molecule has 0 N–H and O–H groups in total. The highest BCUT2D eigenvalue weighted by Gasteiger charge is 2.32. The second kappa shape index (κ2) is 6.66. The van der Waals surface area contributed by atoms with Gasteiger partial charge in [-0.1, -0.05) is 0 Å². The highest BCUT2D eigenvalue weighted by atomic mass is 32.2. The van der Waals surface area contributed by atoms with E-state index in [0.717, 1.165) is 38.8 Å². The fourth-order valence-electron chi connectivity index (χ4n) is 3.50. The van der Waals surface area contributed by atoms with Gasteiger partial charge in [-0.15, -0.1) is 0 Å². The Morgan fingerprint density at radius 2 is 1.92 bits per heavy atom. The summed E-state index contributed by atoms with van der Waals surface area (Å²) in [6, 6.07) is 0. The summed E-state index contributed by atoms with van der Waals surface area (Å²) in [5.41, 5.74) is 0. The second-order valence-corrected chi connectivity index (χ2v) is 8.68. The molecule has 24 heavy (non-hydrogen) atoms. The van der Waals surface area contributed by atoms with Gasteiger partial charge in [-0.3, -0.25) is 4.79 Å². The predicted octanol–water partition coefficient (Wildman–Crippen LogP) is 1.03. The molecule has 0 bridgehead atoms. The third-order valence-corrected chi connectivity index (χ3v) is 5.83. The molecule has 2 aliphatic heterocycles. The third-order valence-electron chi connectivity index (χ3n) is 4.74. The van der Waals surface area contributed by atoms with Crippen molar-refractivity contribution in [2.75, 3.05) is 37.3 Å². The molecule has 0 unspecified atom stereocenters. The first kappa shape index (κ1) is 17.1. The van der Waals surface area contributed by atoms with Crippen LogP contribution in [0.4, 0.5) is 5.82 Å². The largest absolute Gasteiger partial charge is 0.355 e. The fourth-order valence-corrected chi connectivity index (χ4v) is 4.25. The van der Waals surface area contributed by atoms with Crippen LogP contribution in [0.5, 0.6) is 0 Å². The molecule has 2 fully saturated rings. The molecule has 132 valence electrons. The molecule has 2 aliphatic rings. The SMILES string of the molecule is Cc1ncc(S(C)(=O)=O)c(N2CCC[C@@H](C(=O)N3CCCC3)C2)n1. The number of anilines is 1. The van der Waals surface area contributed by atoms with E-state index in [4.69, 9.17) is 0 Å². The summed E-state index contributed by atoms with van der Waals surface area (Å²) >= 11 is 0. The number of likely N-dealkylation sites (tertiary alicyclic amines) is 1. The van der Waals surface area contributed by atoms with Crippen LogP contribution in [0.15, 0.2) is 11.1 Å². The van der Waals surface area contributed by atoms with Gasteiger partial charge in [-0.2, -0.15) is 0 Å². The van der Waals surface area contributed by atoms with Crippen molar-refractivity contribution in [2.24, 2.45) is 5.92 Å². The van der Waals surface area contributed by atoms with E-state index in [0.29, 0.717) is 24.7 Å². The normalized spacial score (nSPS) is 22.0. The lowest BCUT2D eigenvalue weighted by atomic mass is 9.96. The van der Waals surface area contributed by atoms with E-state index in [-0.39, 0.29) is 16.7 Å². The molecule has 0 aliphatic carbocycles. The molecule has 1 atom stereocenters. The number of aromatic nitrogens is 2. The van der Waals surface area contributed by atoms with Crippen molar-refractivity contribution >= 4 is 21.6 Å². The summed E-state index contributed by atoms with van der Waals surface area (Å²) in [7, 11) is -3.41. The third kappa shape index (κ3) is 3.53. The van der Waals surface area contributed by atoms with E-state index < -0.39 is 9.84 Å². The van der Waals surface area contributed by atoms with Crippen LogP contribution in [0.3, 0.4) is 0 Å². The zero-order valence-electron chi connectivity index (χ0n) is 14.2. The average Bonchev–Trinajstić information content (AvgIpc) is 3.07. The minimum atomic E-state index is -3.41. The van der Waals surface area contributed by atoms with Crippen molar-refractivity contribution in [3.05, 3.63) is 12.0 Å². The lowest BCUT2D eigenvalue weighted by molar-refractivity contribution is -0.134. The van der Waals surface area contributed by atoms with Crippen LogP contribution in [0.2, 0.25) is 0 Å². The van der Waals surface area contributed by atoms with Crippen LogP contribution in [0, 0.1) is 12.8 Å². The van der Waals surface area contributed by atoms with Crippen molar-refractivity contribution in [2.45, 2.75) is 37.5 Å². The Labute approximate surface area is 143 Å². The molecule has 8 heteroatoms. The Hall–Kier alpha value is -1.70. The number of sulfone groups is 1. The molecule has 1 aromatic rings. The quantitative estimate of drug-likeness (QED) is 0.808. The van der Waals surface area contributed by atoms with Crippen molar-refractivity contribution in [3.63, 3.8) is 0 Å². The van der Waals surface area contributed by atoms with Crippen LogP contribution in [-0.4, -0.2) is 61.6 Å².